The number of piperidine rings is 1. The van der Waals surface area contributed by atoms with E-state index in [2.05, 4.69) is 17.1 Å². The van der Waals surface area contributed by atoms with Crippen LogP contribution in [0.15, 0.2) is 18.2 Å². The molecule has 1 saturated heterocycles. The summed E-state index contributed by atoms with van der Waals surface area (Å²) in [5, 5.41) is 12.7. The fraction of sp³-hybridized carbons (Fsp3) is 0.500. The van der Waals surface area contributed by atoms with Gasteiger partial charge < -0.3 is 15.3 Å². The monoisotopic (exact) mass is 374 g/mol. The SMILES string of the molecule is CCN1CCCC(NC(=O)c2ccc(I)c(O)c2)C1. The first-order chi connectivity index (χ1) is 9.10. The van der Waals surface area contributed by atoms with Gasteiger partial charge in [0.2, 0.25) is 0 Å². The van der Waals surface area contributed by atoms with Gasteiger partial charge in [0, 0.05) is 18.2 Å². The summed E-state index contributed by atoms with van der Waals surface area (Å²) in [7, 11) is 0. The number of likely N-dealkylation sites (tertiary alicyclic amines) is 1. The van der Waals surface area contributed by atoms with E-state index in [9.17, 15) is 9.90 Å². The van der Waals surface area contributed by atoms with Crippen molar-refractivity contribution in [1.82, 2.24) is 10.2 Å². The number of carbonyl (C=O) groups excluding carboxylic acids is 1. The highest BCUT2D eigenvalue weighted by Crippen LogP contribution is 2.20. The van der Waals surface area contributed by atoms with Crippen molar-refractivity contribution >= 4 is 28.5 Å². The lowest BCUT2D eigenvalue weighted by Gasteiger charge is -2.32. The van der Waals surface area contributed by atoms with Gasteiger partial charge in [0.05, 0.1) is 3.57 Å². The normalized spacial score (nSPS) is 20.2. The molecular formula is C14H19IN2O2. The van der Waals surface area contributed by atoms with Gasteiger partial charge in [-0.15, -0.1) is 0 Å². The quantitative estimate of drug-likeness (QED) is 0.798. The van der Waals surface area contributed by atoms with Gasteiger partial charge in [-0.2, -0.15) is 0 Å². The number of carbonyl (C=O) groups is 1. The van der Waals surface area contributed by atoms with Crippen LogP contribution in [0.1, 0.15) is 30.1 Å². The Balaban J connectivity index is 1.98. The highest BCUT2D eigenvalue weighted by molar-refractivity contribution is 14.1. The highest BCUT2D eigenvalue weighted by Gasteiger charge is 2.21. The van der Waals surface area contributed by atoms with Crippen LogP contribution in [-0.2, 0) is 0 Å². The van der Waals surface area contributed by atoms with E-state index in [-0.39, 0.29) is 17.7 Å². The maximum absolute atomic E-state index is 12.1. The smallest absolute Gasteiger partial charge is 0.251 e. The number of nitrogens with zero attached hydrogens (tertiary/aromatic N) is 1. The van der Waals surface area contributed by atoms with Crippen LogP contribution in [0, 0.1) is 3.57 Å². The summed E-state index contributed by atoms with van der Waals surface area (Å²) in [5.74, 6) is 0.0572. The summed E-state index contributed by atoms with van der Waals surface area (Å²) in [6, 6.07) is 5.24. The lowest BCUT2D eigenvalue weighted by Crippen LogP contribution is -2.47. The van der Waals surface area contributed by atoms with Crippen molar-refractivity contribution in [2.45, 2.75) is 25.8 Å². The van der Waals surface area contributed by atoms with Gasteiger partial charge in [-0.1, -0.05) is 6.92 Å². The van der Waals surface area contributed by atoms with Crippen molar-refractivity contribution in [3.8, 4) is 5.75 Å². The molecule has 1 heterocycles. The van der Waals surface area contributed by atoms with Crippen molar-refractivity contribution in [2.24, 2.45) is 0 Å². The lowest BCUT2D eigenvalue weighted by molar-refractivity contribution is 0.0905. The Kier molecular flexibility index (Phi) is 5.04. The maximum Gasteiger partial charge on any atom is 0.251 e. The van der Waals surface area contributed by atoms with Crippen LogP contribution in [0.2, 0.25) is 0 Å². The molecule has 0 aromatic heterocycles. The van der Waals surface area contributed by atoms with Gasteiger partial charge in [-0.05, 0) is 66.7 Å². The topological polar surface area (TPSA) is 52.6 Å². The fourth-order valence-corrected chi connectivity index (χ4v) is 2.72. The molecule has 0 radical (unpaired) electrons. The molecule has 0 aliphatic carbocycles. The van der Waals surface area contributed by atoms with Crippen molar-refractivity contribution in [3.63, 3.8) is 0 Å². The van der Waals surface area contributed by atoms with E-state index in [0.29, 0.717) is 5.56 Å². The van der Waals surface area contributed by atoms with Crippen LogP contribution in [-0.4, -0.2) is 41.6 Å². The van der Waals surface area contributed by atoms with Crippen LogP contribution in [0.3, 0.4) is 0 Å². The lowest BCUT2D eigenvalue weighted by atomic mass is 10.1. The maximum atomic E-state index is 12.1. The molecule has 2 N–H and O–H groups in total. The van der Waals surface area contributed by atoms with Gasteiger partial charge in [0.25, 0.3) is 5.91 Å². The number of phenolic OH excluding ortho intramolecular Hbond substituents is 1. The molecule has 1 aliphatic rings. The third-order valence-electron chi connectivity index (χ3n) is 3.50. The minimum Gasteiger partial charge on any atom is -0.507 e. The van der Waals surface area contributed by atoms with Crippen molar-refractivity contribution < 1.29 is 9.90 Å². The number of nitrogens with one attached hydrogen (secondary N) is 1. The first-order valence-corrected chi connectivity index (χ1v) is 7.69. The molecule has 4 nitrogen and oxygen atoms in total. The first-order valence-electron chi connectivity index (χ1n) is 6.62. The average molecular weight is 374 g/mol. The number of rotatable bonds is 3. The summed E-state index contributed by atoms with van der Waals surface area (Å²) >= 11 is 2.04. The van der Waals surface area contributed by atoms with Gasteiger partial charge in [0.1, 0.15) is 5.75 Å². The zero-order valence-electron chi connectivity index (χ0n) is 11.0. The summed E-state index contributed by atoms with van der Waals surface area (Å²) in [4.78, 5) is 14.5. The molecule has 1 aromatic carbocycles. The molecule has 0 saturated carbocycles. The molecular weight excluding hydrogens is 355 g/mol. The Morgan fingerprint density at radius 1 is 1.58 bits per heavy atom. The number of phenols is 1. The molecule has 104 valence electrons. The number of benzene rings is 1. The second kappa shape index (κ2) is 6.56. The third kappa shape index (κ3) is 3.82. The summed E-state index contributed by atoms with van der Waals surface area (Å²) < 4.78 is 0.754. The number of amides is 1. The van der Waals surface area contributed by atoms with E-state index in [0.717, 1.165) is 36.0 Å². The van der Waals surface area contributed by atoms with E-state index in [1.54, 1.807) is 12.1 Å². The molecule has 5 heteroatoms. The van der Waals surface area contributed by atoms with Crippen LogP contribution in [0.4, 0.5) is 0 Å². The van der Waals surface area contributed by atoms with Crippen LogP contribution in [0.25, 0.3) is 0 Å². The second-order valence-corrected chi connectivity index (χ2v) is 6.03. The van der Waals surface area contributed by atoms with Crippen molar-refractivity contribution in [2.75, 3.05) is 19.6 Å². The molecule has 0 bridgehead atoms. The zero-order chi connectivity index (χ0) is 13.8. The molecule has 19 heavy (non-hydrogen) atoms. The predicted octanol–water partition coefficient (Wildman–Crippen LogP) is 2.21. The number of hydrogen-bond acceptors (Lipinski definition) is 3. The highest BCUT2D eigenvalue weighted by atomic mass is 127. The van der Waals surface area contributed by atoms with E-state index in [1.807, 2.05) is 22.6 Å². The Bertz CT molecular complexity index is 465. The van der Waals surface area contributed by atoms with E-state index >= 15 is 0 Å². The minimum atomic E-state index is -0.102. The Hall–Kier alpha value is -0.820. The molecule has 0 spiro atoms. The molecule has 1 aliphatic heterocycles. The van der Waals surface area contributed by atoms with Crippen molar-refractivity contribution in [3.05, 3.63) is 27.3 Å². The van der Waals surface area contributed by atoms with Crippen LogP contribution >= 0.6 is 22.6 Å². The van der Waals surface area contributed by atoms with Gasteiger partial charge in [-0.25, -0.2) is 0 Å². The second-order valence-electron chi connectivity index (χ2n) is 4.87. The molecule has 1 aromatic rings. The Morgan fingerprint density at radius 3 is 3.05 bits per heavy atom. The number of hydrogen-bond donors (Lipinski definition) is 2. The molecule has 1 unspecified atom stereocenters. The van der Waals surface area contributed by atoms with Crippen molar-refractivity contribution in [1.29, 1.82) is 0 Å². The summed E-state index contributed by atoms with van der Waals surface area (Å²) in [6.07, 6.45) is 2.15. The predicted molar refractivity (Wildman–Crippen MR) is 83.4 cm³/mol. The number of aromatic hydroxyl groups is 1. The molecule has 1 amide bonds. The average Bonchev–Trinajstić information content (AvgIpc) is 2.42. The number of likely N-dealkylation sites (N-methyl/N-ethyl adjacent to an activating group) is 1. The van der Waals surface area contributed by atoms with Gasteiger partial charge in [0.15, 0.2) is 0 Å². The number of halogens is 1. The summed E-state index contributed by atoms with van der Waals surface area (Å²) in [6.45, 7) is 5.20. The Morgan fingerprint density at radius 2 is 2.37 bits per heavy atom. The van der Waals surface area contributed by atoms with Gasteiger partial charge >= 0.3 is 0 Å². The largest absolute Gasteiger partial charge is 0.507 e. The zero-order valence-corrected chi connectivity index (χ0v) is 13.2. The van der Waals surface area contributed by atoms with Gasteiger partial charge in [-0.3, -0.25) is 4.79 Å². The van der Waals surface area contributed by atoms with Crippen LogP contribution < -0.4 is 5.32 Å². The fourth-order valence-electron chi connectivity index (χ4n) is 2.38. The third-order valence-corrected chi connectivity index (χ3v) is 4.41. The van der Waals surface area contributed by atoms with E-state index in [4.69, 9.17) is 0 Å². The van der Waals surface area contributed by atoms with E-state index < -0.39 is 0 Å². The van der Waals surface area contributed by atoms with Crippen LogP contribution in [0.5, 0.6) is 5.75 Å². The molecule has 1 fully saturated rings. The summed E-state index contributed by atoms with van der Waals surface area (Å²) in [5.41, 5.74) is 0.520. The minimum absolute atomic E-state index is 0.102. The standard InChI is InChI=1S/C14H19IN2O2/c1-2-17-7-3-4-11(9-17)16-14(19)10-5-6-12(15)13(18)8-10/h5-6,8,11,18H,2-4,7,9H2,1H3,(H,16,19). The molecule has 2 rings (SSSR count). The molecule has 1 atom stereocenters. The van der Waals surface area contributed by atoms with E-state index in [1.165, 1.54) is 6.07 Å². The first kappa shape index (κ1) is 14.6. The Labute approximate surface area is 127 Å².